The molecule has 0 aromatic heterocycles. The van der Waals surface area contributed by atoms with Crippen molar-refractivity contribution >= 4 is 0 Å². The molecule has 0 aliphatic carbocycles. The lowest BCUT2D eigenvalue weighted by Gasteiger charge is -2.11. The highest BCUT2D eigenvalue weighted by atomic mass is 16.7. The highest BCUT2D eigenvalue weighted by Gasteiger charge is 1.98. The Bertz CT molecular complexity index is 80.1. The zero-order valence-electron chi connectivity index (χ0n) is 7.42. The molecule has 0 heterocycles. The van der Waals surface area contributed by atoms with E-state index in [1.54, 1.807) is 14.2 Å². The third-order valence-corrected chi connectivity index (χ3v) is 1.09. The van der Waals surface area contributed by atoms with Gasteiger partial charge in [-0.3, -0.25) is 4.84 Å². The lowest BCUT2D eigenvalue weighted by Crippen LogP contribution is -2.31. The van der Waals surface area contributed by atoms with Crippen LogP contribution in [-0.4, -0.2) is 40.1 Å². The van der Waals surface area contributed by atoms with Crippen LogP contribution in [0.4, 0.5) is 0 Å². The van der Waals surface area contributed by atoms with Crippen molar-refractivity contribution in [3.63, 3.8) is 0 Å². The average Bonchev–Trinajstić information content (AvgIpc) is 1.99. The molecule has 0 spiro atoms. The molecule has 1 N–H and O–H groups in total. The van der Waals surface area contributed by atoms with Crippen molar-refractivity contribution in [3.8, 4) is 0 Å². The summed E-state index contributed by atoms with van der Waals surface area (Å²) in [6, 6.07) is 0.219. The van der Waals surface area contributed by atoms with E-state index >= 15 is 0 Å². The largest absolute Gasteiger partial charge is 0.383 e. The second-order valence-corrected chi connectivity index (χ2v) is 2.32. The highest BCUT2D eigenvalue weighted by Crippen LogP contribution is 1.81. The second-order valence-electron chi connectivity index (χ2n) is 2.32. The highest BCUT2D eigenvalue weighted by molar-refractivity contribution is 4.49. The summed E-state index contributed by atoms with van der Waals surface area (Å²) < 4.78 is 9.67. The van der Waals surface area contributed by atoms with Gasteiger partial charge in [0.1, 0.15) is 0 Å². The van der Waals surface area contributed by atoms with Gasteiger partial charge < -0.3 is 9.47 Å². The van der Waals surface area contributed by atoms with Crippen molar-refractivity contribution in [2.45, 2.75) is 13.0 Å². The van der Waals surface area contributed by atoms with E-state index in [4.69, 9.17) is 14.3 Å². The summed E-state index contributed by atoms with van der Waals surface area (Å²) in [4.78, 5) is 5.03. The van der Waals surface area contributed by atoms with E-state index in [9.17, 15) is 0 Å². The Labute approximate surface area is 67.8 Å². The predicted molar refractivity (Wildman–Crippen MR) is 42.3 cm³/mol. The van der Waals surface area contributed by atoms with Gasteiger partial charge in [-0.1, -0.05) is 0 Å². The number of rotatable bonds is 7. The van der Waals surface area contributed by atoms with Crippen LogP contribution in [-0.2, 0) is 14.3 Å². The van der Waals surface area contributed by atoms with Crippen molar-refractivity contribution < 1.29 is 14.3 Å². The fraction of sp³-hybridized carbons (Fsp3) is 1.00. The molecule has 0 amide bonds. The molecular weight excluding hydrogens is 146 g/mol. The molecule has 4 nitrogen and oxygen atoms in total. The summed E-state index contributed by atoms with van der Waals surface area (Å²) in [5.74, 6) is 0. The molecule has 0 saturated carbocycles. The van der Waals surface area contributed by atoms with E-state index in [2.05, 4.69) is 5.48 Å². The molecule has 11 heavy (non-hydrogen) atoms. The maximum atomic E-state index is 5.03. The number of hydrogen-bond donors (Lipinski definition) is 1. The zero-order valence-corrected chi connectivity index (χ0v) is 7.42. The number of hydroxylamine groups is 1. The summed E-state index contributed by atoms with van der Waals surface area (Å²) in [5.41, 5.74) is 2.81. The van der Waals surface area contributed by atoms with Gasteiger partial charge >= 0.3 is 0 Å². The molecule has 0 aliphatic rings. The minimum absolute atomic E-state index is 0.219. The molecule has 0 fully saturated rings. The summed E-state index contributed by atoms with van der Waals surface area (Å²) in [6.07, 6.45) is 0. The van der Waals surface area contributed by atoms with Crippen molar-refractivity contribution in [2.24, 2.45) is 0 Å². The third kappa shape index (κ3) is 7.74. The maximum Gasteiger partial charge on any atom is 0.0916 e. The Morgan fingerprint density at radius 3 is 2.45 bits per heavy atom. The first-order chi connectivity index (χ1) is 5.31. The first kappa shape index (κ1) is 10.8. The molecule has 1 unspecified atom stereocenters. The quantitative estimate of drug-likeness (QED) is 0.429. The Balaban J connectivity index is 2.97. The monoisotopic (exact) mass is 163 g/mol. The van der Waals surface area contributed by atoms with Gasteiger partial charge in [0, 0.05) is 14.2 Å². The van der Waals surface area contributed by atoms with E-state index in [-0.39, 0.29) is 6.04 Å². The van der Waals surface area contributed by atoms with Gasteiger partial charge in [-0.2, -0.15) is 5.48 Å². The van der Waals surface area contributed by atoms with Gasteiger partial charge in [0.2, 0.25) is 0 Å². The molecule has 1 atom stereocenters. The second kappa shape index (κ2) is 7.94. The summed E-state index contributed by atoms with van der Waals surface area (Å²) in [6.45, 7) is 3.79. The predicted octanol–water partition coefficient (Wildman–Crippen LogP) is 0.189. The minimum Gasteiger partial charge on any atom is -0.383 e. The number of nitrogens with one attached hydrogen (secondary N) is 1. The fourth-order valence-electron chi connectivity index (χ4n) is 0.610. The van der Waals surface area contributed by atoms with Gasteiger partial charge in [-0.25, -0.2) is 0 Å². The van der Waals surface area contributed by atoms with Gasteiger partial charge in [0.05, 0.1) is 25.9 Å². The summed E-state index contributed by atoms with van der Waals surface area (Å²) in [5, 5.41) is 0. The molecule has 68 valence electrons. The van der Waals surface area contributed by atoms with E-state index in [0.29, 0.717) is 19.8 Å². The average molecular weight is 163 g/mol. The summed E-state index contributed by atoms with van der Waals surface area (Å²) in [7, 11) is 3.30. The van der Waals surface area contributed by atoms with Crippen LogP contribution < -0.4 is 5.48 Å². The first-order valence-electron chi connectivity index (χ1n) is 3.66. The fourth-order valence-corrected chi connectivity index (χ4v) is 0.610. The van der Waals surface area contributed by atoms with Crippen LogP contribution in [0.15, 0.2) is 0 Å². The SMILES string of the molecule is COCCONC(C)COC. The van der Waals surface area contributed by atoms with Gasteiger partial charge in [-0.15, -0.1) is 0 Å². The molecule has 0 aromatic carbocycles. The van der Waals surface area contributed by atoms with Gasteiger partial charge in [0.15, 0.2) is 0 Å². The number of methoxy groups -OCH3 is 2. The Morgan fingerprint density at radius 2 is 1.91 bits per heavy atom. The van der Waals surface area contributed by atoms with Crippen molar-refractivity contribution in [2.75, 3.05) is 34.0 Å². The number of hydrogen-bond acceptors (Lipinski definition) is 4. The zero-order chi connectivity index (χ0) is 8.53. The van der Waals surface area contributed by atoms with Gasteiger partial charge in [0.25, 0.3) is 0 Å². The van der Waals surface area contributed by atoms with E-state index < -0.39 is 0 Å². The molecule has 0 bridgehead atoms. The third-order valence-electron chi connectivity index (χ3n) is 1.09. The van der Waals surface area contributed by atoms with Crippen LogP contribution in [0.5, 0.6) is 0 Å². The standard InChI is InChI=1S/C7H17NO3/c1-7(6-10-3)8-11-5-4-9-2/h7-8H,4-6H2,1-3H3. The number of ether oxygens (including phenoxy) is 2. The van der Waals surface area contributed by atoms with Crippen LogP contribution in [0.2, 0.25) is 0 Å². The smallest absolute Gasteiger partial charge is 0.0916 e. The first-order valence-corrected chi connectivity index (χ1v) is 3.66. The Morgan fingerprint density at radius 1 is 1.18 bits per heavy atom. The molecule has 4 heteroatoms. The van der Waals surface area contributed by atoms with Crippen LogP contribution >= 0.6 is 0 Å². The van der Waals surface area contributed by atoms with Crippen LogP contribution in [0.3, 0.4) is 0 Å². The van der Waals surface area contributed by atoms with Crippen LogP contribution in [0, 0.1) is 0 Å². The minimum atomic E-state index is 0.219. The Hall–Kier alpha value is -0.160. The maximum absolute atomic E-state index is 5.03. The van der Waals surface area contributed by atoms with Crippen molar-refractivity contribution in [1.82, 2.24) is 5.48 Å². The van der Waals surface area contributed by atoms with Crippen LogP contribution in [0.1, 0.15) is 6.92 Å². The normalized spacial score (nSPS) is 13.4. The topological polar surface area (TPSA) is 39.7 Å². The molecular formula is C7H17NO3. The van der Waals surface area contributed by atoms with E-state index in [1.807, 2.05) is 6.92 Å². The molecule has 0 radical (unpaired) electrons. The summed E-state index contributed by atoms with van der Waals surface area (Å²) >= 11 is 0. The van der Waals surface area contributed by atoms with E-state index in [1.165, 1.54) is 0 Å². The molecule has 0 aromatic rings. The molecule has 0 aliphatic heterocycles. The van der Waals surface area contributed by atoms with Gasteiger partial charge in [-0.05, 0) is 6.92 Å². The lowest BCUT2D eigenvalue weighted by atomic mass is 10.4. The molecule has 0 saturated heterocycles. The van der Waals surface area contributed by atoms with E-state index in [0.717, 1.165) is 0 Å². The van der Waals surface area contributed by atoms with Crippen LogP contribution in [0.25, 0.3) is 0 Å². The van der Waals surface area contributed by atoms with Crippen molar-refractivity contribution in [1.29, 1.82) is 0 Å². The van der Waals surface area contributed by atoms with Crippen molar-refractivity contribution in [3.05, 3.63) is 0 Å². The lowest BCUT2D eigenvalue weighted by molar-refractivity contribution is -0.0221. The molecule has 0 rings (SSSR count). The Kier molecular flexibility index (Phi) is 7.83.